The molecule has 0 bridgehead atoms. The molecule has 2 N–H and O–H groups in total. The van der Waals surface area contributed by atoms with Crippen LogP contribution in [-0.2, 0) is 19.4 Å². The first-order valence-corrected chi connectivity index (χ1v) is 8.70. The number of hydrogen-bond donors (Lipinski definition) is 2. The molecular formula is C19H20N6O. The third-order valence-corrected chi connectivity index (χ3v) is 4.50. The van der Waals surface area contributed by atoms with E-state index in [1.165, 1.54) is 5.56 Å². The summed E-state index contributed by atoms with van der Waals surface area (Å²) in [6.45, 7) is 0.689. The van der Waals surface area contributed by atoms with E-state index in [1.54, 1.807) is 24.5 Å². The average molecular weight is 348 g/mol. The molecule has 3 aromatic rings. The Hall–Kier alpha value is -3.22. The van der Waals surface area contributed by atoms with Gasteiger partial charge in [0.15, 0.2) is 0 Å². The number of anilines is 1. The van der Waals surface area contributed by atoms with E-state index >= 15 is 0 Å². The van der Waals surface area contributed by atoms with Crippen LogP contribution >= 0.6 is 0 Å². The van der Waals surface area contributed by atoms with Crippen LogP contribution in [0.4, 0.5) is 10.5 Å². The molecule has 3 heterocycles. The van der Waals surface area contributed by atoms with Gasteiger partial charge in [0.2, 0.25) is 0 Å². The van der Waals surface area contributed by atoms with Gasteiger partial charge in [-0.1, -0.05) is 30.3 Å². The second-order valence-corrected chi connectivity index (χ2v) is 6.38. The molecule has 1 atom stereocenters. The molecule has 1 aromatic carbocycles. The number of urea groups is 1. The van der Waals surface area contributed by atoms with Gasteiger partial charge < -0.3 is 15.2 Å². The Morgan fingerprint density at radius 3 is 2.73 bits per heavy atom. The number of rotatable bonds is 4. The number of amides is 2. The van der Waals surface area contributed by atoms with Gasteiger partial charge in [0.1, 0.15) is 11.6 Å². The van der Waals surface area contributed by atoms with Crippen molar-refractivity contribution in [2.24, 2.45) is 0 Å². The van der Waals surface area contributed by atoms with Crippen molar-refractivity contribution in [2.45, 2.75) is 31.8 Å². The van der Waals surface area contributed by atoms with Gasteiger partial charge in [0.05, 0.1) is 0 Å². The van der Waals surface area contributed by atoms with Gasteiger partial charge in [-0.15, -0.1) is 10.2 Å². The Bertz CT molecular complexity index is 878. The van der Waals surface area contributed by atoms with Crippen molar-refractivity contribution in [1.82, 2.24) is 25.1 Å². The van der Waals surface area contributed by atoms with Gasteiger partial charge in [-0.05, 0) is 24.1 Å². The van der Waals surface area contributed by atoms with Crippen molar-refractivity contribution >= 4 is 11.7 Å². The molecule has 0 saturated heterocycles. The predicted molar refractivity (Wildman–Crippen MR) is 97.8 cm³/mol. The van der Waals surface area contributed by atoms with E-state index in [1.807, 2.05) is 18.2 Å². The summed E-state index contributed by atoms with van der Waals surface area (Å²) < 4.78 is 2.13. The van der Waals surface area contributed by atoms with E-state index < -0.39 is 0 Å². The van der Waals surface area contributed by atoms with Gasteiger partial charge in [0.25, 0.3) is 0 Å². The van der Waals surface area contributed by atoms with Crippen LogP contribution in [0.25, 0.3) is 0 Å². The number of aryl methyl sites for hydroxylation is 1. The van der Waals surface area contributed by atoms with Crippen LogP contribution in [-0.4, -0.2) is 31.8 Å². The number of carbonyl (C=O) groups is 1. The molecule has 26 heavy (non-hydrogen) atoms. The Balaban J connectivity index is 1.41. The standard InChI is InChI=1S/C19H20N6O/c26-19(21-15-8-10-20-11-9-15)22-16-6-7-17-23-24-18(25(17)13-16)12-14-4-2-1-3-5-14/h1-5,8-11,16H,6-7,12-13H2,(H2,20,21,22,26)/t16-/m1/s1. The highest BCUT2D eigenvalue weighted by molar-refractivity contribution is 5.89. The average Bonchev–Trinajstić information content (AvgIpc) is 3.05. The second-order valence-electron chi connectivity index (χ2n) is 6.38. The van der Waals surface area contributed by atoms with Crippen LogP contribution < -0.4 is 10.6 Å². The van der Waals surface area contributed by atoms with Crippen molar-refractivity contribution in [2.75, 3.05) is 5.32 Å². The Kier molecular flexibility index (Phi) is 4.59. The van der Waals surface area contributed by atoms with Crippen molar-refractivity contribution in [3.8, 4) is 0 Å². The summed E-state index contributed by atoms with van der Waals surface area (Å²) in [6, 6.07) is 13.6. The van der Waals surface area contributed by atoms with Crippen LogP contribution in [0.5, 0.6) is 0 Å². The lowest BCUT2D eigenvalue weighted by Crippen LogP contribution is -2.43. The number of fused-ring (bicyclic) bond motifs is 1. The molecule has 0 spiro atoms. The second kappa shape index (κ2) is 7.35. The lowest BCUT2D eigenvalue weighted by Gasteiger charge is -2.25. The molecule has 7 nitrogen and oxygen atoms in total. The van der Waals surface area contributed by atoms with E-state index in [4.69, 9.17) is 0 Å². The number of nitrogens with zero attached hydrogens (tertiary/aromatic N) is 4. The molecule has 0 fully saturated rings. The largest absolute Gasteiger partial charge is 0.333 e. The fourth-order valence-electron chi connectivity index (χ4n) is 3.20. The van der Waals surface area contributed by atoms with Crippen molar-refractivity contribution < 1.29 is 4.79 Å². The number of carbonyl (C=O) groups excluding carboxylic acids is 1. The fraction of sp³-hybridized carbons (Fsp3) is 0.263. The maximum absolute atomic E-state index is 12.2. The molecule has 0 unspecified atom stereocenters. The molecule has 1 aliphatic heterocycles. The summed E-state index contributed by atoms with van der Waals surface area (Å²) in [5.41, 5.74) is 1.93. The number of benzene rings is 1. The number of nitrogens with one attached hydrogen (secondary N) is 2. The highest BCUT2D eigenvalue weighted by Crippen LogP contribution is 2.17. The van der Waals surface area contributed by atoms with E-state index in [0.29, 0.717) is 6.54 Å². The van der Waals surface area contributed by atoms with Crippen molar-refractivity contribution in [1.29, 1.82) is 0 Å². The smallest absolute Gasteiger partial charge is 0.319 e. The maximum atomic E-state index is 12.2. The summed E-state index contributed by atoms with van der Waals surface area (Å²) in [5, 5.41) is 14.5. The van der Waals surface area contributed by atoms with E-state index in [9.17, 15) is 4.79 Å². The summed E-state index contributed by atoms with van der Waals surface area (Å²) in [5.74, 6) is 1.93. The zero-order chi connectivity index (χ0) is 17.8. The van der Waals surface area contributed by atoms with Crippen molar-refractivity contribution in [3.63, 3.8) is 0 Å². The van der Waals surface area contributed by atoms with Crippen molar-refractivity contribution in [3.05, 3.63) is 72.1 Å². The minimum atomic E-state index is -0.206. The normalized spacial score (nSPS) is 15.9. The first-order valence-electron chi connectivity index (χ1n) is 8.70. The first kappa shape index (κ1) is 16.3. The van der Waals surface area contributed by atoms with Gasteiger partial charge in [-0.3, -0.25) is 4.98 Å². The summed E-state index contributed by atoms with van der Waals surface area (Å²) >= 11 is 0. The molecule has 2 amide bonds. The molecule has 1 aliphatic rings. The SMILES string of the molecule is O=C(Nc1ccncc1)N[C@@H]1CCc2nnc(Cc3ccccc3)n2C1. The minimum absolute atomic E-state index is 0.0508. The quantitative estimate of drug-likeness (QED) is 0.758. The fourth-order valence-corrected chi connectivity index (χ4v) is 3.20. The molecule has 0 radical (unpaired) electrons. The van der Waals surface area contributed by atoms with Crippen LogP contribution in [0, 0.1) is 0 Å². The van der Waals surface area contributed by atoms with Gasteiger partial charge in [-0.25, -0.2) is 4.79 Å². The lowest BCUT2D eigenvalue weighted by atomic mass is 10.1. The summed E-state index contributed by atoms with van der Waals surface area (Å²) in [6.07, 6.45) is 5.70. The third-order valence-electron chi connectivity index (χ3n) is 4.50. The topological polar surface area (TPSA) is 84.7 Å². The molecule has 4 rings (SSSR count). The molecular weight excluding hydrogens is 328 g/mol. The third kappa shape index (κ3) is 3.72. The van der Waals surface area contributed by atoms with E-state index in [-0.39, 0.29) is 12.1 Å². The van der Waals surface area contributed by atoms with Gasteiger partial charge in [-0.2, -0.15) is 0 Å². The molecule has 132 valence electrons. The predicted octanol–water partition coefficient (Wildman–Crippen LogP) is 2.40. The molecule has 7 heteroatoms. The maximum Gasteiger partial charge on any atom is 0.319 e. The Labute approximate surface area is 151 Å². The van der Waals surface area contributed by atoms with Crippen LogP contribution in [0.3, 0.4) is 0 Å². The highest BCUT2D eigenvalue weighted by atomic mass is 16.2. The zero-order valence-corrected chi connectivity index (χ0v) is 14.3. The summed E-state index contributed by atoms with van der Waals surface area (Å²) in [7, 11) is 0. The molecule has 2 aromatic heterocycles. The first-order chi connectivity index (χ1) is 12.8. The van der Waals surface area contributed by atoms with Gasteiger partial charge >= 0.3 is 6.03 Å². The van der Waals surface area contributed by atoms with E-state index in [2.05, 4.69) is 42.5 Å². The van der Waals surface area contributed by atoms with E-state index in [0.717, 1.165) is 36.6 Å². The monoisotopic (exact) mass is 348 g/mol. The number of pyridine rings is 1. The lowest BCUT2D eigenvalue weighted by molar-refractivity contribution is 0.244. The molecule has 0 saturated carbocycles. The highest BCUT2D eigenvalue weighted by Gasteiger charge is 2.24. The zero-order valence-electron chi connectivity index (χ0n) is 14.3. The number of aromatic nitrogens is 4. The minimum Gasteiger partial charge on any atom is -0.333 e. The number of hydrogen-bond acceptors (Lipinski definition) is 4. The van der Waals surface area contributed by atoms with Gasteiger partial charge in [0, 0.05) is 43.5 Å². The molecule has 0 aliphatic carbocycles. The Morgan fingerprint density at radius 2 is 1.92 bits per heavy atom. The Morgan fingerprint density at radius 1 is 1.12 bits per heavy atom. The van der Waals surface area contributed by atoms with Crippen LogP contribution in [0.1, 0.15) is 23.6 Å². The van der Waals surface area contributed by atoms with Crippen LogP contribution in [0.15, 0.2) is 54.9 Å². The van der Waals surface area contributed by atoms with Crippen LogP contribution in [0.2, 0.25) is 0 Å². The summed E-state index contributed by atoms with van der Waals surface area (Å²) in [4.78, 5) is 16.2.